The highest BCUT2D eigenvalue weighted by molar-refractivity contribution is 5.38. The number of rotatable bonds is 3. The van der Waals surface area contributed by atoms with Gasteiger partial charge in [-0.2, -0.15) is 5.10 Å². The Hall–Kier alpha value is -1.61. The van der Waals surface area contributed by atoms with Gasteiger partial charge in [0.15, 0.2) is 0 Å². The first-order valence-electron chi connectivity index (χ1n) is 8.03. The molecule has 1 aliphatic carbocycles. The molecule has 1 spiro atoms. The molecule has 0 unspecified atom stereocenters. The first-order valence-corrected chi connectivity index (χ1v) is 8.03. The molecule has 0 N–H and O–H groups in total. The van der Waals surface area contributed by atoms with E-state index in [0.29, 0.717) is 5.41 Å². The molecule has 1 aromatic heterocycles. The number of aromatic nitrogens is 2. The van der Waals surface area contributed by atoms with Crippen LogP contribution in [0.5, 0.6) is 0 Å². The third-order valence-corrected chi connectivity index (χ3v) is 5.29. The lowest BCUT2D eigenvalue weighted by Gasteiger charge is -2.50. The normalized spacial score (nSPS) is 20.2. The molecule has 21 heavy (non-hydrogen) atoms. The molecule has 110 valence electrons. The summed E-state index contributed by atoms with van der Waals surface area (Å²) in [6.07, 6.45) is 9.37. The highest BCUT2D eigenvalue weighted by atomic mass is 15.2. The molecule has 1 saturated carbocycles. The summed E-state index contributed by atoms with van der Waals surface area (Å²) in [5.74, 6) is 0. The van der Waals surface area contributed by atoms with Crippen molar-refractivity contribution in [3.63, 3.8) is 0 Å². The van der Waals surface area contributed by atoms with Gasteiger partial charge in [0, 0.05) is 38.3 Å². The summed E-state index contributed by atoms with van der Waals surface area (Å²) in [6.45, 7) is 3.49. The van der Waals surface area contributed by atoms with Crippen molar-refractivity contribution in [3.8, 4) is 0 Å². The van der Waals surface area contributed by atoms with Gasteiger partial charge in [0.25, 0.3) is 0 Å². The lowest BCUT2D eigenvalue weighted by atomic mass is 9.61. The molecule has 0 radical (unpaired) electrons. The average Bonchev–Trinajstić information content (AvgIpc) is 2.88. The van der Waals surface area contributed by atoms with E-state index in [9.17, 15) is 0 Å². The van der Waals surface area contributed by atoms with E-state index < -0.39 is 0 Å². The van der Waals surface area contributed by atoms with Crippen molar-refractivity contribution in [2.75, 3.05) is 13.1 Å². The average molecular weight is 281 g/mol. The molecule has 3 heteroatoms. The molecule has 2 aromatic rings. The van der Waals surface area contributed by atoms with Crippen molar-refractivity contribution in [1.82, 2.24) is 14.7 Å². The molecular formula is C18H23N3. The zero-order valence-electron chi connectivity index (χ0n) is 12.8. The second kappa shape index (κ2) is 4.99. The molecule has 1 aliphatic heterocycles. The molecule has 2 heterocycles. The van der Waals surface area contributed by atoms with Crippen molar-refractivity contribution < 1.29 is 0 Å². The van der Waals surface area contributed by atoms with Crippen LogP contribution in [0.25, 0.3) is 0 Å². The highest BCUT2D eigenvalue weighted by Gasteiger charge is 2.43. The minimum Gasteiger partial charge on any atom is -0.298 e. The molecule has 0 amide bonds. The maximum atomic E-state index is 4.27. The SMILES string of the molecule is Cn1cc(CCN2Cc3ccccc3C3(CCC3)C2)cn1. The molecular weight excluding hydrogens is 258 g/mol. The number of hydrogen-bond donors (Lipinski definition) is 0. The Morgan fingerprint density at radius 3 is 2.81 bits per heavy atom. The summed E-state index contributed by atoms with van der Waals surface area (Å²) in [5, 5.41) is 4.27. The second-order valence-electron chi connectivity index (χ2n) is 6.77. The van der Waals surface area contributed by atoms with Gasteiger partial charge in [0.1, 0.15) is 0 Å². The van der Waals surface area contributed by atoms with Crippen LogP contribution < -0.4 is 0 Å². The van der Waals surface area contributed by atoms with Crippen molar-refractivity contribution >= 4 is 0 Å². The molecule has 1 fully saturated rings. The molecule has 2 aliphatic rings. The number of nitrogens with zero attached hydrogens (tertiary/aromatic N) is 3. The van der Waals surface area contributed by atoms with Gasteiger partial charge in [-0.3, -0.25) is 9.58 Å². The topological polar surface area (TPSA) is 21.1 Å². The minimum absolute atomic E-state index is 0.462. The Labute approximate surface area is 126 Å². The first-order chi connectivity index (χ1) is 10.3. The Kier molecular flexibility index (Phi) is 3.11. The van der Waals surface area contributed by atoms with Crippen LogP contribution in [-0.2, 0) is 25.4 Å². The minimum atomic E-state index is 0.462. The molecule has 0 bridgehead atoms. The van der Waals surface area contributed by atoms with Crippen LogP contribution in [0.4, 0.5) is 0 Å². The third-order valence-electron chi connectivity index (χ3n) is 5.29. The Bertz CT molecular complexity index is 639. The second-order valence-corrected chi connectivity index (χ2v) is 6.77. The molecule has 1 aromatic carbocycles. The van der Waals surface area contributed by atoms with E-state index in [4.69, 9.17) is 0 Å². The van der Waals surface area contributed by atoms with Crippen molar-refractivity contribution in [2.24, 2.45) is 7.05 Å². The van der Waals surface area contributed by atoms with E-state index in [1.165, 1.54) is 31.4 Å². The summed E-state index contributed by atoms with van der Waals surface area (Å²) in [6, 6.07) is 9.10. The Morgan fingerprint density at radius 1 is 1.24 bits per heavy atom. The first kappa shape index (κ1) is 13.1. The highest BCUT2D eigenvalue weighted by Crippen LogP contribution is 2.48. The van der Waals surface area contributed by atoms with Gasteiger partial charge in [0.05, 0.1) is 6.20 Å². The van der Waals surface area contributed by atoms with Gasteiger partial charge in [-0.1, -0.05) is 30.7 Å². The standard InChI is InChI=1S/C18H23N3/c1-20-12-15(11-19-20)7-10-21-13-16-5-2-3-6-17(16)18(14-21)8-4-9-18/h2-3,5-6,11-12H,4,7-10,13-14H2,1H3. The molecule has 0 saturated heterocycles. The van der Waals surface area contributed by atoms with Gasteiger partial charge in [-0.25, -0.2) is 0 Å². The smallest absolute Gasteiger partial charge is 0.0522 e. The van der Waals surface area contributed by atoms with Crippen LogP contribution in [0, 0.1) is 0 Å². The van der Waals surface area contributed by atoms with Crippen LogP contribution >= 0.6 is 0 Å². The fraction of sp³-hybridized carbons (Fsp3) is 0.500. The third kappa shape index (κ3) is 2.30. The number of benzene rings is 1. The lowest BCUT2D eigenvalue weighted by Crippen LogP contribution is -2.50. The van der Waals surface area contributed by atoms with Crippen LogP contribution in [-0.4, -0.2) is 27.8 Å². The van der Waals surface area contributed by atoms with Gasteiger partial charge >= 0.3 is 0 Å². The Balaban J connectivity index is 1.51. The van der Waals surface area contributed by atoms with E-state index in [1.54, 1.807) is 11.1 Å². The van der Waals surface area contributed by atoms with Crippen LogP contribution in [0.1, 0.15) is 36.0 Å². The van der Waals surface area contributed by atoms with Crippen molar-refractivity contribution in [1.29, 1.82) is 0 Å². The van der Waals surface area contributed by atoms with Crippen LogP contribution in [0.3, 0.4) is 0 Å². The maximum absolute atomic E-state index is 4.27. The molecule has 3 nitrogen and oxygen atoms in total. The quantitative estimate of drug-likeness (QED) is 0.862. The van der Waals surface area contributed by atoms with Gasteiger partial charge < -0.3 is 0 Å². The van der Waals surface area contributed by atoms with Gasteiger partial charge in [-0.05, 0) is 36.0 Å². The van der Waals surface area contributed by atoms with Crippen molar-refractivity contribution in [3.05, 3.63) is 53.3 Å². The molecule has 4 rings (SSSR count). The molecule has 0 atom stereocenters. The number of fused-ring (bicyclic) bond motifs is 2. The fourth-order valence-corrected chi connectivity index (χ4v) is 4.06. The maximum Gasteiger partial charge on any atom is 0.0522 e. The number of hydrogen-bond acceptors (Lipinski definition) is 2. The summed E-state index contributed by atoms with van der Waals surface area (Å²) in [4.78, 5) is 2.65. The van der Waals surface area contributed by atoms with E-state index in [1.807, 2.05) is 17.9 Å². The summed E-state index contributed by atoms with van der Waals surface area (Å²) >= 11 is 0. The van der Waals surface area contributed by atoms with Crippen LogP contribution in [0.2, 0.25) is 0 Å². The van der Waals surface area contributed by atoms with E-state index in [2.05, 4.69) is 40.5 Å². The van der Waals surface area contributed by atoms with Gasteiger partial charge in [0.2, 0.25) is 0 Å². The predicted molar refractivity (Wildman–Crippen MR) is 84.2 cm³/mol. The van der Waals surface area contributed by atoms with E-state index in [0.717, 1.165) is 19.5 Å². The lowest BCUT2D eigenvalue weighted by molar-refractivity contribution is 0.115. The largest absolute Gasteiger partial charge is 0.298 e. The number of aryl methyl sites for hydroxylation is 1. The zero-order chi connectivity index (χ0) is 14.3. The van der Waals surface area contributed by atoms with E-state index >= 15 is 0 Å². The van der Waals surface area contributed by atoms with Crippen molar-refractivity contribution in [2.45, 2.75) is 37.6 Å². The predicted octanol–water partition coefficient (Wildman–Crippen LogP) is 2.90. The Morgan fingerprint density at radius 2 is 2.10 bits per heavy atom. The fourth-order valence-electron chi connectivity index (χ4n) is 4.06. The monoisotopic (exact) mass is 281 g/mol. The van der Waals surface area contributed by atoms with E-state index in [-0.39, 0.29) is 0 Å². The van der Waals surface area contributed by atoms with Gasteiger partial charge in [-0.15, -0.1) is 0 Å². The summed E-state index contributed by atoms with van der Waals surface area (Å²) in [7, 11) is 1.99. The summed E-state index contributed by atoms with van der Waals surface area (Å²) in [5.41, 5.74) is 4.99. The van der Waals surface area contributed by atoms with Crippen LogP contribution in [0.15, 0.2) is 36.7 Å². The zero-order valence-corrected chi connectivity index (χ0v) is 12.8. The summed E-state index contributed by atoms with van der Waals surface area (Å²) < 4.78 is 1.90.